The molecule has 0 aliphatic heterocycles. The molecule has 160 valence electrons. The van der Waals surface area contributed by atoms with Crippen LogP contribution in [0.15, 0.2) is 60.9 Å². The van der Waals surface area contributed by atoms with Crippen LogP contribution in [0.2, 0.25) is 0 Å². The summed E-state index contributed by atoms with van der Waals surface area (Å²) in [7, 11) is 0. The molecule has 31 heavy (non-hydrogen) atoms. The fourth-order valence-corrected chi connectivity index (χ4v) is 4.30. The Kier molecular flexibility index (Phi) is 5.75. The molecule has 2 atom stereocenters. The quantitative estimate of drug-likeness (QED) is 0.604. The largest absolute Gasteiger partial charge is 0.480 e. The zero-order valence-corrected chi connectivity index (χ0v) is 17.5. The first-order valence-corrected chi connectivity index (χ1v) is 10.4. The van der Waals surface area contributed by atoms with Crippen molar-refractivity contribution in [2.24, 2.45) is 0 Å². The van der Waals surface area contributed by atoms with Gasteiger partial charge in [-0.25, -0.2) is 14.6 Å². The van der Waals surface area contributed by atoms with E-state index in [9.17, 15) is 14.7 Å². The Hall–Kier alpha value is -3.61. The fourth-order valence-electron chi connectivity index (χ4n) is 4.30. The van der Waals surface area contributed by atoms with Crippen LogP contribution in [0.5, 0.6) is 0 Å². The zero-order chi connectivity index (χ0) is 22.0. The zero-order valence-electron chi connectivity index (χ0n) is 17.5. The lowest BCUT2D eigenvalue weighted by Gasteiger charge is -2.24. The highest BCUT2D eigenvalue weighted by Gasteiger charge is 2.32. The average Bonchev–Trinajstić information content (AvgIpc) is 3.38. The molecule has 1 amide bonds. The average molecular weight is 419 g/mol. The molecular weight excluding hydrogens is 394 g/mol. The first-order valence-electron chi connectivity index (χ1n) is 10.4. The molecule has 0 fully saturated rings. The Morgan fingerprint density at radius 2 is 1.74 bits per heavy atom. The maximum absolute atomic E-state index is 12.5. The molecule has 1 heterocycles. The standard InChI is InChI=1S/C24H25N3O4/c1-3-21-25-12-13-27(21)15(2)22(23(28)29)26-24(30)31-14-20-18-10-6-4-8-16(18)17-9-5-7-11-19(17)20/h4-13,15,20,22H,3,14H2,1-2H3,(H,26,30)(H,28,29). The molecule has 1 aromatic heterocycles. The van der Waals surface area contributed by atoms with E-state index < -0.39 is 24.1 Å². The van der Waals surface area contributed by atoms with Gasteiger partial charge in [-0.1, -0.05) is 55.5 Å². The molecule has 0 saturated carbocycles. The summed E-state index contributed by atoms with van der Waals surface area (Å²) in [6.45, 7) is 3.82. The van der Waals surface area contributed by atoms with Gasteiger partial charge >= 0.3 is 12.1 Å². The van der Waals surface area contributed by atoms with Gasteiger partial charge in [-0.2, -0.15) is 0 Å². The smallest absolute Gasteiger partial charge is 0.407 e. The van der Waals surface area contributed by atoms with E-state index in [2.05, 4.69) is 22.4 Å². The third-order valence-corrected chi connectivity index (χ3v) is 5.87. The van der Waals surface area contributed by atoms with Crippen molar-refractivity contribution in [1.82, 2.24) is 14.9 Å². The van der Waals surface area contributed by atoms with Gasteiger partial charge in [0, 0.05) is 24.7 Å². The highest BCUT2D eigenvalue weighted by atomic mass is 16.5. The molecule has 7 nitrogen and oxygen atoms in total. The Labute approximate surface area is 180 Å². The van der Waals surface area contributed by atoms with Crippen molar-refractivity contribution >= 4 is 12.1 Å². The fraction of sp³-hybridized carbons (Fsp3) is 0.292. The molecule has 3 aromatic rings. The molecule has 2 aromatic carbocycles. The molecule has 4 rings (SSSR count). The second-order valence-corrected chi connectivity index (χ2v) is 7.63. The third-order valence-electron chi connectivity index (χ3n) is 5.87. The highest BCUT2D eigenvalue weighted by Crippen LogP contribution is 2.44. The molecule has 1 aliphatic carbocycles. The van der Waals surface area contributed by atoms with E-state index >= 15 is 0 Å². The van der Waals surface area contributed by atoms with Crippen molar-refractivity contribution in [2.45, 2.75) is 38.3 Å². The molecule has 1 aliphatic rings. The number of hydrogen-bond acceptors (Lipinski definition) is 4. The van der Waals surface area contributed by atoms with Gasteiger partial charge in [0.25, 0.3) is 0 Å². The van der Waals surface area contributed by atoms with Crippen molar-refractivity contribution in [3.63, 3.8) is 0 Å². The van der Waals surface area contributed by atoms with Gasteiger partial charge in [-0.3, -0.25) is 0 Å². The summed E-state index contributed by atoms with van der Waals surface area (Å²) in [5.74, 6) is -0.455. The van der Waals surface area contributed by atoms with E-state index in [1.54, 1.807) is 23.9 Å². The van der Waals surface area contributed by atoms with Crippen molar-refractivity contribution in [1.29, 1.82) is 0 Å². The number of alkyl carbamates (subject to hydrolysis) is 1. The lowest BCUT2D eigenvalue weighted by atomic mass is 9.98. The number of amides is 1. The molecule has 0 spiro atoms. The summed E-state index contributed by atoms with van der Waals surface area (Å²) < 4.78 is 7.27. The van der Waals surface area contributed by atoms with Crippen molar-refractivity contribution < 1.29 is 19.4 Å². The van der Waals surface area contributed by atoms with Crippen molar-refractivity contribution in [2.75, 3.05) is 6.61 Å². The number of nitrogens with zero attached hydrogens (tertiary/aromatic N) is 2. The number of imidazole rings is 1. The topological polar surface area (TPSA) is 93.5 Å². The van der Waals surface area contributed by atoms with Gasteiger partial charge in [0.1, 0.15) is 18.5 Å². The minimum Gasteiger partial charge on any atom is -0.480 e. The number of benzene rings is 2. The summed E-state index contributed by atoms with van der Waals surface area (Å²) >= 11 is 0. The van der Waals surface area contributed by atoms with E-state index in [4.69, 9.17) is 4.74 Å². The van der Waals surface area contributed by atoms with Gasteiger partial charge in [-0.05, 0) is 29.2 Å². The first kappa shape index (κ1) is 20.7. The predicted octanol–water partition coefficient (Wildman–Crippen LogP) is 4.00. The number of ether oxygens (including phenoxy) is 1. The molecule has 0 radical (unpaired) electrons. The normalized spacial score (nSPS) is 14.4. The first-order chi connectivity index (χ1) is 15.0. The maximum atomic E-state index is 12.5. The lowest BCUT2D eigenvalue weighted by molar-refractivity contribution is -0.140. The van der Waals surface area contributed by atoms with E-state index in [0.717, 1.165) is 28.1 Å². The summed E-state index contributed by atoms with van der Waals surface area (Å²) in [5, 5.41) is 12.2. The number of aliphatic carboxylic acids is 1. The van der Waals surface area contributed by atoms with Crippen LogP contribution in [-0.2, 0) is 16.0 Å². The summed E-state index contributed by atoms with van der Waals surface area (Å²) in [6.07, 6.45) is 3.26. The Morgan fingerprint density at radius 3 is 2.32 bits per heavy atom. The number of carboxylic acid groups (broad SMARTS) is 1. The Bertz CT molecular complexity index is 1060. The number of carbonyl (C=O) groups excluding carboxylic acids is 1. The van der Waals surface area contributed by atoms with Gasteiger partial charge < -0.3 is 19.7 Å². The lowest BCUT2D eigenvalue weighted by Crippen LogP contribution is -2.46. The van der Waals surface area contributed by atoms with Gasteiger partial charge in [-0.15, -0.1) is 0 Å². The molecule has 0 bridgehead atoms. The summed E-state index contributed by atoms with van der Waals surface area (Å²) in [4.78, 5) is 28.6. The van der Waals surface area contributed by atoms with E-state index in [0.29, 0.717) is 6.42 Å². The van der Waals surface area contributed by atoms with Crippen LogP contribution in [0.1, 0.15) is 42.8 Å². The third kappa shape index (κ3) is 3.91. The van der Waals surface area contributed by atoms with Gasteiger partial charge in [0.15, 0.2) is 0 Å². The second-order valence-electron chi connectivity index (χ2n) is 7.63. The number of nitrogens with one attached hydrogen (secondary N) is 1. The Morgan fingerprint density at radius 1 is 1.13 bits per heavy atom. The molecule has 0 saturated heterocycles. The molecule has 7 heteroatoms. The van der Waals surface area contributed by atoms with Crippen LogP contribution < -0.4 is 5.32 Å². The van der Waals surface area contributed by atoms with Crippen molar-refractivity contribution in [3.8, 4) is 11.1 Å². The summed E-state index contributed by atoms with van der Waals surface area (Å²) in [6, 6.07) is 14.5. The number of carbonyl (C=O) groups is 2. The number of aromatic nitrogens is 2. The van der Waals surface area contributed by atoms with Crippen LogP contribution in [0.3, 0.4) is 0 Å². The Balaban J connectivity index is 1.47. The molecule has 2 unspecified atom stereocenters. The van der Waals surface area contributed by atoms with Crippen LogP contribution in [0, 0.1) is 0 Å². The monoisotopic (exact) mass is 419 g/mol. The number of rotatable bonds is 7. The number of fused-ring (bicyclic) bond motifs is 3. The number of aryl methyl sites for hydroxylation is 1. The second kappa shape index (κ2) is 8.63. The number of hydrogen-bond donors (Lipinski definition) is 2. The van der Waals surface area contributed by atoms with Gasteiger partial charge in [0.2, 0.25) is 0 Å². The van der Waals surface area contributed by atoms with Crippen LogP contribution in [-0.4, -0.2) is 39.4 Å². The van der Waals surface area contributed by atoms with Crippen LogP contribution >= 0.6 is 0 Å². The minimum atomic E-state index is -1.14. The highest BCUT2D eigenvalue weighted by molar-refractivity contribution is 5.81. The van der Waals surface area contributed by atoms with Crippen molar-refractivity contribution in [3.05, 3.63) is 77.9 Å². The van der Waals surface area contributed by atoms with Gasteiger partial charge in [0.05, 0.1) is 6.04 Å². The SMILES string of the molecule is CCc1nccn1C(C)C(NC(=O)OCC1c2ccccc2-c2ccccc21)C(=O)O. The molecule has 2 N–H and O–H groups in total. The van der Waals surface area contributed by atoms with Crippen LogP contribution in [0.25, 0.3) is 11.1 Å². The summed E-state index contributed by atoms with van der Waals surface area (Å²) in [5.41, 5.74) is 4.48. The predicted molar refractivity (Wildman–Crippen MR) is 116 cm³/mol. The minimum absolute atomic E-state index is 0.0841. The van der Waals surface area contributed by atoms with E-state index in [1.807, 2.05) is 43.3 Å². The van der Waals surface area contributed by atoms with E-state index in [1.165, 1.54) is 0 Å². The van der Waals surface area contributed by atoms with E-state index in [-0.39, 0.29) is 12.5 Å². The van der Waals surface area contributed by atoms with Crippen LogP contribution in [0.4, 0.5) is 4.79 Å². The molecular formula is C24H25N3O4. The number of carboxylic acids is 1. The maximum Gasteiger partial charge on any atom is 0.407 e.